The summed E-state index contributed by atoms with van der Waals surface area (Å²) >= 11 is 0. The molecule has 0 heterocycles. The van der Waals surface area contributed by atoms with Gasteiger partial charge in [-0.15, -0.1) is 0 Å². The summed E-state index contributed by atoms with van der Waals surface area (Å²) in [6, 6.07) is 6.39. The Morgan fingerprint density at radius 3 is 2.82 bits per heavy atom. The molecular formula is C12H17NO4. The third-order valence-corrected chi connectivity index (χ3v) is 2.30. The lowest BCUT2D eigenvalue weighted by atomic mass is 10.2. The van der Waals surface area contributed by atoms with Crippen LogP contribution in [0.2, 0.25) is 0 Å². The van der Waals surface area contributed by atoms with E-state index in [9.17, 15) is 4.79 Å². The van der Waals surface area contributed by atoms with Crippen LogP contribution in [0, 0.1) is 0 Å². The maximum absolute atomic E-state index is 10.7. The lowest BCUT2D eigenvalue weighted by molar-refractivity contribution is 0.0696. The van der Waals surface area contributed by atoms with E-state index in [-0.39, 0.29) is 12.2 Å². The number of ether oxygens (including phenoxy) is 1. The van der Waals surface area contributed by atoms with Crippen molar-refractivity contribution in [3.8, 4) is 5.75 Å². The van der Waals surface area contributed by atoms with Crippen molar-refractivity contribution < 1.29 is 19.7 Å². The molecule has 0 aromatic heterocycles. The Balaban J connectivity index is 2.41. The van der Waals surface area contributed by atoms with E-state index in [4.69, 9.17) is 14.9 Å². The quantitative estimate of drug-likeness (QED) is 0.732. The Hall–Kier alpha value is -1.59. The summed E-state index contributed by atoms with van der Waals surface area (Å²) in [4.78, 5) is 12.7. The average Bonchev–Trinajstić information content (AvgIpc) is 2.30. The first-order valence-corrected chi connectivity index (χ1v) is 5.39. The summed E-state index contributed by atoms with van der Waals surface area (Å²) in [7, 11) is 1.88. The highest BCUT2D eigenvalue weighted by Gasteiger charge is 2.04. The second-order valence-corrected chi connectivity index (χ2v) is 3.71. The molecule has 0 saturated heterocycles. The second-order valence-electron chi connectivity index (χ2n) is 3.71. The summed E-state index contributed by atoms with van der Waals surface area (Å²) in [6.07, 6.45) is 0. The van der Waals surface area contributed by atoms with Gasteiger partial charge in [0.2, 0.25) is 0 Å². The van der Waals surface area contributed by atoms with Crippen LogP contribution in [-0.4, -0.2) is 54.4 Å². The van der Waals surface area contributed by atoms with Crippen LogP contribution in [-0.2, 0) is 0 Å². The zero-order valence-electron chi connectivity index (χ0n) is 9.80. The molecule has 94 valence electrons. The topological polar surface area (TPSA) is 70.0 Å². The largest absolute Gasteiger partial charge is 0.492 e. The average molecular weight is 239 g/mol. The predicted octanol–water partition coefficient (Wildman–Crippen LogP) is 0.688. The third-order valence-electron chi connectivity index (χ3n) is 2.30. The number of likely N-dealkylation sites (N-methyl/N-ethyl adjacent to an activating group) is 1. The van der Waals surface area contributed by atoms with E-state index in [0.717, 1.165) is 0 Å². The maximum Gasteiger partial charge on any atom is 0.335 e. The number of carboxylic acid groups (broad SMARTS) is 1. The molecule has 0 radical (unpaired) electrons. The molecule has 0 aliphatic heterocycles. The van der Waals surface area contributed by atoms with Gasteiger partial charge < -0.3 is 19.8 Å². The normalized spacial score (nSPS) is 10.5. The van der Waals surface area contributed by atoms with E-state index in [1.807, 2.05) is 11.9 Å². The molecule has 0 bridgehead atoms. The van der Waals surface area contributed by atoms with Crippen LogP contribution in [0.1, 0.15) is 10.4 Å². The van der Waals surface area contributed by atoms with Crippen LogP contribution in [0.3, 0.4) is 0 Å². The van der Waals surface area contributed by atoms with E-state index in [0.29, 0.717) is 25.4 Å². The summed E-state index contributed by atoms with van der Waals surface area (Å²) < 4.78 is 5.43. The fourth-order valence-electron chi connectivity index (χ4n) is 1.32. The number of aromatic carboxylic acids is 1. The minimum Gasteiger partial charge on any atom is -0.492 e. The van der Waals surface area contributed by atoms with Crippen LogP contribution in [0.25, 0.3) is 0 Å². The number of hydrogen-bond acceptors (Lipinski definition) is 4. The Bertz CT molecular complexity index is 367. The van der Waals surface area contributed by atoms with Crippen molar-refractivity contribution in [2.24, 2.45) is 0 Å². The smallest absolute Gasteiger partial charge is 0.335 e. The third kappa shape index (κ3) is 4.84. The molecule has 0 saturated carbocycles. The highest BCUT2D eigenvalue weighted by Crippen LogP contribution is 2.13. The number of nitrogens with zero attached hydrogens (tertiary/aromatic N) is 1. The Labute approximate surface area is 100 Å². The first-order valence-electron chi connectivity index (χ1n) is 5.39. The molecule has 0 spiro atoms. The first-order chi connectivity index (χ1) is 8.13. The molecule has 0 unspecified atom stereocenters. The van der Waals surface area contributed by atoms with Crippen molar-refractivity contribution in [1.82, 2.24) is 4.90 Å². The maximum atomic E-state index is 10.7. The lowest BCUT2D eigenvalue weighted by Crippen LogP contribution is -2.27. The van der Waals surface area contributed by atoms with Crippen LogP contribution >= 0.6 is 0 Å². The van der Waals surface area contributed by atoms with Crippen LogP contribution in [0.15, 0.2) is 24.3 Å². The van der Waals surface area contributed by atoms with Gasteiger partial charge in [0.25, 0.3) is 0 Å². The summed E-state index contributed by atoms with van der Waals surface area (Å²) in [6.45, 7) is 1.85. The van der Waals surface area contributed by atoms with E-state index in [2.05, 4.69) is 0 Å². The van der Waals surface area contributed by atoms with Crippen LogP contribution in [0.5, 0.6) is 5.75 Å². The molecule has 5 heteroatoms. The zero-order chi connectivity index (χ0) is 12.7. The number of aliphatic hydroxyl groups is 1. The second kappa shape index (κ2) is 6.88. The number of benzene rings is 1. The van der Waals surface area contributed by atoms with Crippen molar-refractivity contribution >= 4 is 5.97 Å². The highest BCUT2D eigenvalue weighted by atomic mass is 16.5. The SMILES string of the molecule is CN(CCO)CCOc1cccc(C(=O)O)c1. The minimum absolute atomic E-state index is 0.116. The number of carbonyl (C=O) groups is 1. The van der Waals surface area contributed by atoms with Gasteiger partial charge in [-0.05, 0) is 25.2 Å². The van der Waals surface area contributed by atoms with Gasteiger partial charge in [0.05, 0.1) is 12.2 Å². The number of hydrogen-bond donors (Lipinski definition) is 2. The highest BCUT2D eigenvalue weighted by molar-refractivity contribution is 5.87. The molecule has 0 atom stereocenters. The summed E-state index contributed by atoms with van der Waals surface area (Å²) in [5, 5.41) is 17.5. The molecule has 0 amide bonds. The molecule has 1 aromatic carbocycles. The molecule has 2 N–H and O–H groups in total. The standard InChI is InChI=1S/C12H17NO4/c1-13(5-7-14)6-8-17-11-4-2-3-10(9-11)12(15)16/h2-4,9,14H,5-8H2,1H3,(H,15,16). The lowest BCUT2D eigenvalue weighted by Gasteiger charge is -2.15. The first kappa shape index (κ1) is 13.5. The van der Waals surface area contributed by atoms with Crippen molar-refractivity contribution in [3.05, 3.63) is 29.8 Å². The molecule has 1 rings (SSSR count). The predicted molar refractivity (Wildman–Crippen MR) is 63.5 cm³/mol. The Morgan fingerprint density at radius 2 is 2.18 bits per heavy atom. The molecule has 0 fully saturated rings. The van der Waals surface area contributed by atoms with Gasteiger partial charge in [0.15, 0.2) is 0 Å². The van der Waals surface area contributed by atoms with Crippen LogP contribution in [0.4, 0.5) is 0 Å². The molecule has 0 aliphatic carbocycles. The minimum atomic E-state index is -0.965. The van der Waals surface area contributed by atoms with E-state index in [1.54, 1.807) is 12.1 Å². The molecular weight excluding hydrogens is 222 g/mol. The summed E-state index contributed by atoms with van der Waals surface area (Å²) in [5.41, 5.74) is 0.214. The monoisotopic (exact) mass is 239 g/mol. The van der Waals surface area contributed by atoms with E-state index in [1.165, 1.54) is 12.1 Å². The van der Waals surface area contributed by atoms with Crippen molar-refractivity contribution in [1.29, 1.82) is 0 Å². The van der Waals surface area contributed by atoms with E-state index < -0.39 is 5.97 Å². The van der Waals surface area contributed by atoms with Gasteiger partial charge in [-0.2, -0.15) is 0 Å². The van der Waals surface area contributed by atoms with Gasteiger partial charge in [0, 0.05) is 13.1 Å². The number of carboxylic acids is 1. The number of rotatable bonds is 7. The fraction of sp³-hybridized carbons (Fsp3) is 0.417. The molecule has 17 heavy (non-hydrogen) atoms. The molecule has 1 aromatic rings. The van der Waals surface area contributed by atoms with Crippen molar-refractivity contribution in [3.63, 3.8) is 0 Å². The number of aliphatic hydroxyl groups excluding tert-OH is 1. The van der Waals surface area contributed by atoms with Crippen molar-refractivity contribution in [2.45, 2.75) is 0 Å². The Morgan fingerprint density at radius 1 is 1.41 bits per heavy atom. The summed E-state index contributed by atoms with van der Waals surface area (Å²) in [5.74, 6) is -0.421. The zero-order valence-corrected chi connectivity index (χ0v) is 9.80. The van der Waals surface area contributed by atoms with Gasteiger partial charge in [-0.3, -0.25) is 0 Å². The van der Waals surface area contributed by atoms with Crippen LogP contribution < -0.4 is 4.74 Å². The van der Waals surface area contributed by atoms with Gasteiger partial charge in [-0.1, -0.05) is 6.07 Å². The fourth-order valence-corrected chi connectivity index (χ4v) is 1.32. The Kier molecular flexibility index (Phi) is 5.45. The molecule has 5 nitrogen and oxygen atoms in total. The van der Waals surface area contributed by atoms with Gasteiger partial charge >= 0.3 is 5.97 Å². The molecule has 0 aliphatic rings. The van der Waals surface area contributed by atoms with E-state index >= 15 is 0 Å². The van der Waals surface area contributed by atoms with Gasteiger partial charge in [-0.25, -0.2) is 4.79 Å². The van der Waals surface area contributed by atoms with Crippen molar-refractivity contribution in [2.75, 3.05) is 33.4 Å². The van der Waals surface area contributed by atoms with Gasteiger partial charge in [0.1, 0.15) is 12.4 Å².